The first-order valence-electron chi connectivity index (χ1n) is 8.48. The van der Waals surface area contributed by atoms with E-state index in [0.717, 1.165) is 11.1 Å². The molecule has 0 saturated heterocycles. The summed E-state index contributed by atoms with van der Waals surface area (Å²) in [5.41, 5.74) is 5.19. The molecule has 0 aliphatic heterocycles. The van der Waals surface area contributed by atoms with Crippen molar-refractivity contribution in [3.63, 3.8) is 0 Å². The fourth-order valence-corrected chi connectivity index (χ4v) is 2.75. The van der Waals surface area contributed by atoms with E-state index in [1.165, 1.54) is 12.3 Å². The fourth-order valence-electron chi connectivity index (χ4n) is 2.62. The zero-order chi connectivity index (χ0) is 19.2. The Morgan fingerprint density at radius 3 is 2.44 bits per heavy atom. The fraction of sp³-hybridized carbons (Fsp3) is 0.0909. The summed E-state index contributed by atoms with van der Waals surface area (Å²) in [6, 6.07) is 21.2. The highest BCUT2D eigenvalue weighted by molar-refractivity contribution is 6.30. The molecule has 0 aliphatic carbocycles. The maximum absolute atomic E-state index is 14.5. The molecule has 0 aromatic heterocycles. The van der Waals surface area contributed by atoms with Crippen LogP contribution in [0.3, 0.4) is 0 Å². The summed E-state index contributed by atoms with van der Waals surface area (Å²) in [5.74, 6) is -1.21. The second kappa shape index (κ2) is 8.60. The van der Waals surface area contributed by atoms with E-state index in [9.17, 15) is 9.18 Å². The monoisotopic (exact) mass is 380 g/mol. The number of hydrogen-bond acceptors (Lipinski definition) is 2. The van der Waals surface area contributed by atoms with Gasteiger partial charge in [-0.2, -0.15) is 5.10 Å². The quantitative estimate of drug-likeness (QED) is 0.467. The Hall–Kier alpha value is -2.98. The summed E-state index contributed by atoms with van der Waals surface area (Å²) in [6.45, 7) is 1.71. The van der Waals surface area contributed by atoms with Crippen LogP contribution in [0.1, 0.15) is 24.0 Å². The molecule has 27 heavy (non-hydrogen) atoms. The number of hydrazone groups is 1. The van der Waals surface area contributed by atoms with Crippen molar-refractivity contribution in [1.82, 2.24) is 5.43 Å². The molecule has 3 aromatic carbocycles. The van der Waals surface area contributed by atoms with Gasteiger partial charge in [-0.15, -0.1) is 0 Å². The smallest absolute Gasteiger partial charge is 0.247 e. The predicted molar refractivity (Wildman–Crippen MR) is 107 cm³/mol. The highest BCUT2D eigenvalue weighted by Gasteiger charge is 2.16. The van der Waals surface area contributed by atoms with Crippen LogP contribution in [0, 0.1) is 5.82 Å². The van der Waals surface area contributed by atoms with Crippen LogP contribution in [-0.2, 0) is 4.79 Å². The number of carbonyl (C=O) groups excluding carboxylic acids is 1. The van der Waals surface area contributed by atoms with E-state index in [-0.39, 0.29) is 11.7 Å². The van der Waals surface area contributed by atoms with Crippen LogP contribution >= 0.6 is 11.6 Å². The number of carbonyl (C=O) groups is 1. The van der Waals surface area contributed by atoms with Gasteiger partial charge in [-0.05, 0) is 41.8 Å². The van der Waals surface area contributed by atoms with E-state index in [1.54, 1.807) is 43.3 Å². The lowest BCUT2D eigenvalue weighted by Crippen LogP contribution is -2.23. The molecule has 1 N–H and O–H groups in total. The van der Waals surface area contributed by atoms with Gasteiger partial charge in [0.25, 0.3) is 0 Å². The number of nitrogens with zero attached hydrogens (tertiary/aromatic N) is 1. The highest BCUT2D eigenvalue weighted by atomic mass is 35.5. The largest absolute Gasteiger partial charge is 0.272 e. The topological polar surface area (TPSA) is 41.5 Å². The molecular weight excluding hydrogens is 363 g/mol. The van der Waals surface area contributed by atoms with E-state index < -0.39 is 5.92 Å². The van der Waals surface area contributed by atoms with Crippen molar-refractivity contribution in [3.05, 3.63) is 94.8 Å². The van der Waals surface area contributed by atoms with E-state index in [1.807, 2.05) is 30.3 Å². The number of hydrogen-bond donors (Lipinski definition) is 1. The van der Waals surface area contributed by atoms with Gasteiger partial charge in [0.05, 0.1) is 12.1 Å². The number of amides is 1. The molecule has 1 atom stereocenters. The van der Waals surface area contributed by atoms with Crippen LogP contribution in [0.4, 0.5) is 4.39 Å². The number of rotatable bonds is 5. The van der Waals surface area contributed by atoms with Crippen LogP contribution in [0.15, 0.2) is 77.9 Å². The summed E-state index contributed by atoms with van der Waals surface area (Å²) in [5, 5.41) is 4.57. The zero-order valence-corrected chi connectivity index (χ0v) is 15.5. The summed E-state index contributed by atoms with van der Waals surface area (Å²) >= 11 is 5.82. The van der Waals surface area contributed by atoms with Crippen molar-refractivity contribution in [2.45, 2.75) is 12.8 Å². The first-order chi connectivity index (χ1) is 13.0. The maximum Gasteiger partial charge on any atom is 0.247 e. The molecule has 1 amide bonds. The molecule has 0 aliphatic rings. The van der Waals surface area contributed by atoms with Crippen LogP contribution in [0.5, 0.6) is 0 Å². The Morgan fingerprint density at radius 2 is 1.78 bits per heavy atom. The highest BCUT2D eigenvalue weighted by Crippen LogP contribution is 2.26. The lowest BCUT2D eigenvalue weighted by molar-refractivity contribution is -0.122. The SMILES string of the molecule is CC(C(=O)N/N=C/c1ccc(Cl)cc1)c1ccc(-c2ccccc2)c(F)c1. The van der Waals surface area contributed by atoms with Crippen molar-refractivity contribution in [1.29, 1.82) is 0 Å². The van der Waals surface area contributed by atoms with E-state index in [0.29, 0.717) is 16.1 Å². The van der Waals surface area contributed by atoms with Crippen LogP contribution in [0.25, 0.3) is 11.1 Å². The second-order valence-electron chi connectivity index (χ2n) is 6.11. The predicted octanol–water partition coefficient (Wildman–Crippen LogP) is 5.40. The van der Waals surface area contributed by atoms with E-state index >= 15 is 0 Å². The van der Waals surface area contributed by atoms with E-state index in [2.05, 4.69) is 10.5 Å². The lowest BCUT2D eigenvalue weighted by Gasteiger charge is -2.12. The van der Waals surface area contributed by atoms with Crippen molar-refractivity contribution in [2.24, 2.45) is 5.10 Å². The molecule has 3 nitrogen and oxygen atoms in total. The Bertz CT molecular complexity index is 956. The van der Waals surface area contributed by atoms with Crippen molar-refractivity contribution >= 4 is 23.7 Å². The standard InChI is InChI=1S/C22H18ClFN2O/c1-15(22(27)26-25-14-16-7-10-19(23)11-8-16)18-9-12-20(21(24)13-18)17-5-3-2-4-6-17/h2-15H,1H3,(H,26,27)/b25-14+. The third kappa shape index (κ3) is 4.80. The van der Waals surface area contributed by atoms with Gasteiger partial charge in [0.2, 0.25) is 5.91 Å². The molecular formula is C22H18ClFN2O. The summed E-state index contributed by atoms with van der Waals surface area (Å²) in [6.07, 6.45) is 1.53. The van der Waals surface area contributed by atoms with Crippen molar-refractivity contribution in [3.8, 4) is 11.1 Å². The van der Waals surface area contributed by atoms with Gasteiger partial charge in [-0.25, -0.2) is 9.82 Å². The first-order valence-corrected chi connectivity index (χ1v) is 8.86. The molecule has 136 valence electrons. The molecule has 3 rings (SSSR count). The van der Waals surface area contributed by atoms with Gasteiger partial charge >= 0.3 is 0 Å². The van der Waals surface area contributed by atoms with Crippen molar-refractivity contribution < 1.29 is 9.18 Å². The zero-order valence-electron chi connectivity index (χ0n) is 14.7. The number of nitrogens with one attached hydrogen (secondary N) is 1. The van der Waals surface area contributed by atoms with Crippen molar-refractivity contribution in [2.75, 3.05) is 0 Å². The molecule has 5 heteroatoms. The van der Waals surface area contributed by atoms with Gasteiger partial charge in [0, 0.05) is 10.6 Å². The summed E-state index contributed by atoms with van der Waals surface area (Å²) in [4.78, 5) is 12.3. The Balaban J connectivity index is 1.68. The Morgan fingerprint density at radius 1 is 1.07 bits per heavy atom. The Labute approximate surface area is 162 Å². The van der Waals surface area contributed by atoms with Crippen LogP contribution < -0.4 is 5.43 Å². The summed E-state index contributed by atoms with van der Waals surface area (Å²) < 4.78 is 14.5. The average molecular weight is 381 g/mol. The van der Waals surface area contributed by atoms with Crippen LogP contribution in [0.2, 0.25) is 5.02 Å². The number of benzene rings is 3. The van der Waals surface area contributed by atoms with Gasteiger partial charge in [0.1, 0.15) is 5.82 Å². The molecule has 0 fully saturated rings. The molecule has 1 unspecified atom stereocenters. The minimum Gasteiger partial charge on any atom is -0.272 e. The minimum absolute atomic E-state index is 0.313. The van der Waals surface area contributed by atoms with Gasteiger partial charge < -0.3 is 0 Å². The molecule has 0 radical (unpaired) electrons. The van der Waals surface area contributed by atoms with E-state index in [4.69, 9.17) is 11.6 Å². The molecule has 0 saturated carbocycles. The Kier molecular flexibility index (Phi) is 5.99. The second-order valence-corrected chi connectivity index (χ2v) is 6.55. The van der Waals surface area contributed by atoms with Gasteiger partial charge in [-0.1, -0.05) is 66.2 Å². The molecule has 0 spiro atoms. The third-order valence-corrected chi connectivity index (χ3v) is 4.48. The summed E-state index contributed by atoms with van der Waals surface area (Å²) in [7, 11) is 0. The molecule has 0 heterocycles. The average Bonchev–Trinajstić information content (AvgIpc) is 2.69. The number of halogens is 2. The molecule has 0 bridgehead atoms. The minimum atomic E-state index is -0.535. The van der Waals surface area contributed by atoms with Gasteiger partial charge in [-0.3, -0.25) is 4.79 Å². The van der Waals surface area contributed by atoms with Crippen LogP contribution in [-0.4, -0.2) is 12.1 Å². The molecule has 3 aromatic rings. The van der Waals surface area contributed by atoms with Gasteiger partial charge in [0.15, 0.2) is 0 Å². The third-order valence-electron chi connectivity index (χ3n) is 4.23. The maximum atomic E-state index is 14.5. The lowest BCUT2D eigenvalue weighted by atomic mass is 9.96. The first kappa shape index (κ1) is 18.8. The normalized spacial score (nSPS) is 12.1.